The number of aliphatic hydroxyl groups is 1. The number of nitrogens with zero attached hydrogens (tertiary/aromatic N) is 2. The van der Waals surface area contributed by atoms with Gasteiger partial charge in [0.25, 0.3) is 0 Å². The van der Waals surface area contributed by atoms with Gasteiger partial charge in [-0.15, -0.1) is 0 Å². The Bertz CT molecular complexity index is 1040. The number of pyridine rings is 1. The van der Waals surface area contributed by atoms with Gasteiger partial charge in [-0.2, -0.15) is 0 Å². The molecule has 0 amide bonds. The summed E-state index contributed by atoms with van der Waals surface area (Å²) in [5.74, 6) is 2.44. The Balaban J connectivity index is 1.14. The average molecular weight is 419 g/mol. The highest BCUT2D eigenvalue weighted by Crippen LogP contribution is 2.48. The predicted octanol–water partition coefficient (Wildman–Crippen LogP) is 5.00. The normalized spacial score (nSPS) is 25.3. The van der Waals surface area contributed by atoms with Gasteiger partial charge in [0.1, 0.15) is 11.9 Å². The van der Waals surface area contributed by atoms with Crippen LogP contribution in [0.4, 0.5) is 0 Å². The van der Waals surface area contributed by atoms with E-state index in [0.29, 0.717) is 31.0 Å². The molecule has 0 bridgehead atoms. The van der Waals surface area contributed by atoms with Crippen LogP contribution in [-0.4, -0.2) is 33.8 Å². The Morgan fingerprint density at radius 1 is 0.968 bits per heavy atom. The molecular formula is C26H30N2O3. The number of hydrogen-bond donors (Lipinski definition) is 1. The van der Waals surface area contributed by atoms with Gasteiger partial charge in [0, 0.05) is 11.8 Å². The zero-order valence-corrected chi connectivity index (χ0v) is 17.8. The molecule has 3 aromatic rings. The van der Waals surface area contributed by atoms with Crippen molar-refractivity contribution in [2.45, 2.75) is 62.6 Å². The van der Waals surface area contributed by atoms with Gasteiger partial charge >= 0.3 is 0 Å². The lowest BCUT2D eigenvalue weighted by atomic mass is 9.75. The predicted molar refractivity (Wildman–Crippen MR) is 119 cm³/mol. The lowest BCUT2D eigenvalue weighted by Gasteiger charge is -2.33. The third-order valence-electron chi connectivity index (χ3n) is 7.46. The lowest BCUT2D eigenvalue weighted by molar-refractivity contribution is -0.0796. The van der Waals surface area contributed by atoms with Crippen LogP contribution >= 0.6 is 0 Å². The van der Waals surface area contributed by atoms with Gasteiger partial charge in [-0.05, 0) is 85.6 Å². The van der Waals surface area contributed by atoms with E-state index in [1.165, 1.54) is 24.0 Å². The van der Waals surface area contributed by atoms with Crippen LogP contribution in [0.5, 0.6) is 5.75 Å². The number of imidazole rings is 1. The minimum absolute atomic E-state index is 0.212. The number of aliphatic hydroxyl groups excluding tert-OH is 1. The molecule has 3 aliphatic rings. The summed E-state index contributed by atoms with van der Waals surface area (Å²) in [5.41, 5.74) is 4.94. The van der Waals surface area contributed by atoms with Crippen molar-refractivity contribution in [2.24, 2.45) is 5.92 Å². The summed E-state index contributed by atoms with van der Waals surface area (Å²) in [6, 6.07) is 10.8. The van der Waals surface area contributed by atoms with E-state index in [2.05, 4.69) is 45.9 Å². The molecule has 2 aromatic heterocycles. The van der Waals surface area contributed by atoms with Gasteiger partial charge in [0.05, 0.1) is 37.4 Å². The van der Waals surface area contributed by atoms with Gasteiger partial charge in [-0.3, -0.25) is 0 Å². The first-order valence-corrected chi connectivity index (χ1v) is 11.7. The van der Waals surface area contributed by atoms with Crippen molar-refractivity contribution >= 4 is 5.52 Å². The van der Waals surface area contributed by atoms with Gasteiger partial charge in [0.15, 0.2) is 0 Å². The van der Waals surface area contributed by atoms with Crippen molar-refractivity contribution in [2.75, 3.05) is 13.2 Å². The Labute approximate surface area is 183 Å². The van der Waals surface area contributed by atoms with Crippen LogP contribution in [0, 0.1) is 5.92 Å². The Kier molecular flexibility index (Phi) is 4.96. The maximum atomic E-state index is 11.5. The first kappa shape index (κ1) is 19.3. The van der Waals surface area contributed by atoms with Crippen molar-refractivity contribution in [1.82, 2.24) is 9.38 Å². The summed E-state index contributed by atoms with van der Waals surface area (Å²) in [4.78, 5) is 4.33. The SMILES string of the molecule is OC(c1c(C2CC2)ccn2cncc12)C1CCC(c2ccc(OC3COC3)cc2)CC1. The molecule has 0 radical (unpaired) electrons. The highest BCUT2D eigenvalue weighted by molar-refractivity contribution is 5.59. The van der Waals surface area contributed by atoms with Crippen molar-refractivity contribution in [3.8, 4) is 5.75 Å². The number of hydrogen-bond acceptors (Lipinski definition) is 4. The second kappa shape index (κ2) is 7.95. The minimum atomic E-state index is -0.405. The van der Waals surface area contributed by atoms with E-state index >= 15 is 0 Å². The lowest BCUT2D eigenvalue weighted by Crippen LogP contribution is -2.38. The Morgan fingerprint density at radius 2 is 1.71 bits per heavy atom. The van der Waals surface area contributed by atoms with E-state index in [4.69, 9.17) is 9.47 Å². The number of aromatic nitrogens is 2. The molecule has 5 nitrogen and oxygen atoms in total. The fourth-order valence-electron chi connectivity index (χ4n) is 5.40. The summed E-state index contributed by atoms with van der Waals surface area (Å²) in [7, 11) is 0. The molecule has 1 saturated heterocycles. The Morgan fingerprint density at radius 3 is 2.39 bits per heavy atom. The van der Waals surface area contributed by atoms with E-state index < -0.39 is 6.10 Å². The molecule has 5 heteroatoms. The van der Waals surface area contributed by atoms with E-state index in [9.17, 15) is 5.11 Å². The zero-order chi connectivity index (χ0) is 20.8. The van der Waals surface area contributed by atoms with Crippen LogP contribution in [0.25, 0.3) is 5.52 Å². The summed E-state index contributed by atoms with van der Waals surface area (Å²) in [6.45, 7) is 1.40. The smallest absolute Gasteiger partial charge is 0.145 e. The number of ether oxygens (including phenoxy) is 2. The molecule has 162 valence electrons. The maximum absolute atomic E-state index is 11.5. The number of fused-ring (bicyclic) bond motifs is 1. The van der Waals surface area contributed by atoms with Crippen molar-refractivity contribution in [3.05, 3.63) is 65.7 Å². The van der Waals surface area contributed by atoms with Crippen molar-refractivity contribution < 1.29 is 14.6 Å². The third-order valence-corrected chi connectivity index (χ3v) is 7.46. The van der Waals surface area contributed by atoms with Crippen LogP contribution in [0.15, 0.2) is 49.1 Å². The fourth-order valence-corrected chi connectivity index (χ4v) is 5.40. The van der Waals surface area contributed by atoms with Crippen LogP contribution in [0.2, 0.25) is 0 Å². The van der Waals surface area contributed by atoms with Gasteiger partial charge < -0.3 is 19.0 Å². The van der Waals surface area contributed by atoms with E-state index in [1.54, 1.807) is 0 Å². The molecule has 1 atom stereocenters. The number of benzene rings is 1. The first-order chi connectivity index (χ1) is 15.3. The monoisotopic (exact) mass is 418 g/mol. The van der Waals surface area contributed by atoms with Crippen molar-refractivity contribution in [1.29, 1.82) is 0 Å². The molecule has 3 fully saturated rings. The third kappa shape index (κ3) is 3.74. The van der Waals surface area contributed by atoms with Crippen LogP contribution < -0.4 is 4.74 Å². The quantitative estimate of drug-likeness (QED) is 0.612. The van der Waals surface area contributed by atoms with Gasteiger partial charge in [-0.25, -0.2) is 4.98 Å². The zero-order valence-electron chi connectivity index (χ0n) is 17.8. The second-order valence-electron chi connectivity index (χ2n) is 9.55. The van der Waals surface area contributed by atoms with Crippen molar-refractivity contribution in [3.63, 3.8) is 0 Å². The molecule has 1 aliphatic heterocycles. The minimum Gasteiger partial charge on any atom is -0.486 e. The summed E-state index contributed by atoms with van der Waals surface area (Å²) < 4.78 is 13.1. The molecule has 31 heavy (non-hydrogen) atoms. The summed E-state index contributed by atoms with van der Waals surface area (Å²) in [5, 5.41) is 11.5. The largest absolute Gasteiger partial charge is 0.486 e. The Hall–Kier alpha value is -2.37. The van der Waals surface area contributed by atoms with Crippen LogP contribution in [0.1, 0.15) is 73.2 Å². The van der Waals surface area contributed by atoms with Crippen LogP contribution in [0.3, 0.4) is 0 Å². The van der Waals surface area contributed by atoms with Gasteiger partial charge in [-0.1, -0.05) is 12.1 Å². The average Bonchev–Trinajstić information content (AvgIpc) is 3.52. The topological polar surface area (TPSA) is 56.0 Å². The van der Waals surface area contributed by atoms with Gasteiger partial charge in [0.2, 0.25) is 0 Å². The van der Waals surface area contributed by atoms with E-state index in [-0.39, 0.29) is 6.10 Å². The molecular weight excluding hydrogens is 388 g/mol. The molecule has 2 saturated carbocycles. The highest BCUT2D eigenvalue weighted by atomic mass is 16.6. The molecule has 0 spiro atoms. The number of rotatable bonds is 6. The molecule has 1 unspecified atom stereocenters. The molecule has 1 aromatic carbocycles. The highest BCUT2D eigenvalue weighted by Gasteiger charge is 2.34. The molecule has 3 heterocycles. The summed E-state index contributed by atoms with van der Waals surface area (Å²) in [6.07, 6.45) is 12.5. The molecule has 6 rings (SSSR count). The summed E-state index contributed by atoms with van der Waals surface area (Å²) >= 11 is 0. The maximum Gasteiger partial charge on any atom is 0.145 e. The standard InChI is InChI=1S/C26H30N2O3/c29-26(25-23(19-3-4-19)11-12-28-16-27-13-24(25)28)20-5-1-17(2-6-20)18-7-9-21(10-8-18)31-22-14-30-15-22/h7-13,16-17,19-20,22,26,29H,1-6,14-15H2. The fraction of sp³-hybridized carbons (Fsp3) is 0.500. The first-order valence-electron chi connectivity index (χ1n) is 11.7. The van der Waals surface area contributed by atoms with Crippen LogP contribution in [-0.2, 0) is 4.74 Å². The molecule has 1 N–H and O–H groups in total. The van der Waals surface area contributed by atoms with E-state index in [1.807, 2.05) is 12.5 Å². The molecule has 2 aliphatic carbocycles. The van der Waals surface area contributed by atoms with E-state index in [0.717, 1.165) is 42.5 Å². The second-order valence-corrected chi connectivity index (χ2v) is 9.55.